The van der Waals surface area contributed by atoms with Crippen LogP contribution < -0.4 is 0 Å². The van der Waals surface area contributed by atoms with E-state index in [-0.39, 0.29) is 12.2 Å². The van der Waals surface area contributed by atoms with Crippen LogP contribution in [0.1, 0.15) is 32.1 Å². The summed E-state index contributed by atoms with van der Waals surface area (Å²) in [6, 6.07) is 0. The van der Waals surface area contributed by atoms with Gasteiger partial charge in [-0.1, -0.05) is 0 Å². The Morgan fingerprint density at radius 1 is 1.58 bits per heavy atom. The highest BCUT2D eigenvalue weighted by atomic mass is 32.1. The highest BCUT2D eigenvalue weighted by molar-refractivity contribution is 7.09. The highest BCUT2D eigenvalue weighted by Gasteiger charge is 2.30. The lowest BCUT2D eigenvalue weighted by Crippen LogP contribution is -2.36. The smallest absolute Gasteiger partial charge is 0.410 e. The summed E-state index contributed by atoms with van der Waals surface area (Å²) < 4.78 is 11.1. The van der Waals surface area contributed by atoms with Gasteiger partial charge in [0.1, 0.15) is 5.60 Å². The number of rotatable bonds is 3. The average Bonchev–Trinajstić information content (AvgIpc) is 2.96. The summed E-state index contributed by atoms with van der Waals surface area (Å²) in [5, 5.41) is 0. The molecule has 6 heteroatoms. The van der Waals surface area contributed by atoms with Gasteiger partial charge in [-0.2, -0.15) is 0 Å². The maximum absolute atomic E-state index is 11.9. The normalized spacial score (nSPS) is 19.7. The summed E-state index contributed by atoms with van der Waals surface area (Å²) in [5.41, 5.74) is 1.35. The van der Waals surface area contributed by atoms with Crippen molar-refractivity contribution in [2.24, 2.45) is 0 Å². The summed E-state index contributed by atoms with van der Waals surface area (Å²) in [7, 11) is 0. The van der Waals surface area contributed by atoms with Crippen LogP contribution >= 0.6 is 11.3 Å². The van der Waals surface area contributed by atoms with Crippen molar-refractivity contribution in [3.8, 4) is 0 Å². The minimum Gasteiger partial charge on any atom is -0.444 e. The molecule has 1 saturated heterocycles. The van der Waals surface area contributed by atoms with E-state index >= 15 is 0 Å². The van der Waals surface area contributed by atoms with Gasteiger partial charge >= 0.3 is 6.09 Å². The molecule has 0 spiro atoms. The summed E-state index contributed by atoms with van der Waals surface area (Å²) in [5.74, 6) is 0. The minimum absolute atomic E-state index is 0.0922. The summed E-state index contributed by atoms with van der Waals surface area (Å²) in [6.07, 6.45) is 2.51. The number of amides is 1. The molecule has 106 valence electrons. The standard InChI is InChI=1S/C13H20N2O3S/c1-13(2,3)18-12(16)15-5-4-10(7-15)17-8-11-6-14-9-19-11/h6,9-10H,4-5,7-8H2,1-3H3/t10-/m1/s1. The predicted octanol–water partition coefficient (Wildman–Crippen LogP) is 2.67. The molecule has 0 aliphatic carbocycles. The van der Waals surface area contributed by atoms with Gasteiger partial charge < -0.3 is 14.4 Å². The van der Waals surface area contributed by atoms with Gasteiger partial charge in [0.25, 0.3) is 0 Å². The lowest BCUT2D eigenvalue weighted by molar-refractivity contribution is 0.0187. The van der Waals surface area contributed by atoms with Crippen LogP contribution in [0, 0.1) is 0 Å². The lowest BCUT2D eigenvalue weighted by Gasteiger charge is -2.24. The van der Waals surface area contributed by atoms with Gasteiger partial charge in [0.05, 0.1) is 29.6 Å². The number of carbonyl (C=O) groups excluding carboxylic acids is 1. The number of ether oxygens (including phenoxy) is 2. The first-order valence-corrected chi connectivity index (χ1v) is 7.29. The number of hydrogen-bond acceptors (Lipinski definition) is 5. The fraction of sp³-hybridized carbons (Fsp3) is 0.692. The zero-order chi connectivity index (χ0) is 13.9. The van der Waals surface area contributed by atoms with E-state index in [9.17, 15) is 4.79 Å². The molecule has 1 aromatic heterocycles. The molecule has 0 N–H and O–H groups in total. The monoisotopic (exact) mass is 284 g/mol. The van der Waals surface area contributed by atoms with E-state index in [0.29, 0.717) is 19.7 Å². The van der Waals surface area contributed by atoms with Crippen molar-refractivity contribution in [3.63, 3.8) is 0 Å². The Morgan fingerprint density at radius 2 is 2.37 bits per heavy atom. The maximum atomic E-state index is 11.9. The van der Waals surface area contributed by atoms with E-state index in [1.165, 1.54) is 0 Å². The number of carbonyl (C=O) groups is 1. The molecule has 0 unspecified atom stereocenters. The van der Waals surface area contributed by atoms with Crippen molar-refractivity contribution >= 4 is 17.4 Å². The van der Waals surface area contributed by atoms with Crippen molar-refractivity contribution in [1.29, 1.82) is 0 Å². The quantitative estimate of drug-likeness (QED) is 0.856. The Labute approximate surface area is 117 Å². The average molecular weight is 284 g/mol. The van der Waals surface area contributed by atoms with E-state index in [1.54, 1.807) is 21.7 Å². The SMILES string of the molecule is CC(C)(C)OC(=O)N1CC[C@@H](OCc2cncs2)C1. The van der Waals surface area contributed by atoms with Crippen molar-refractivity contribution in [2.75, 3.05) is 13.1 Å². The van der Waals surface area contributed by atoms with Crippen molar-refractivity contribution in [1.82, 2.24) is 9.88 Å². The van der Waals surface area contributed by atoms with Crippen molar-refractivity contribution in [3.05, 3.63) is 16.6 Å². The molecule has 0 aromatic carbocycles. The lowest BCUT2D eigenvalue weighted by atomic mass is 10.2. The molecule has 1 atom stereocenters. The van der Waals surface area contributed by atoms with E-state index < -0.39 is 5.60 Å². The van der Waals surface area contributed by atoms with Crippen LogP contribution in [-0.2, 0) is 16.1 Å². The Bertz CT molecular complexity index is 414. The predicted molar refractivity (Wildman–Crippen MR) is 73.1 cm³/mol. The van der Waals surface area contributed by atoms with E-state index in [2.05, 4.69) is 4.98 Å². The van der Waals surface area contributed by atoms with Gasteiger partial charge in [-0.25, -0.2) is 4.79 Å². The van der Waals surface area contributed by atoms with Crippen molar-refractivity contribution in [2.45, 2.75) is 45.5 Å². The molecule has 2 rings (SSSR count). The first-order chi connectivity index (χ1) is 8.94. The molecule has 1 fully saturated rings. The third kappa shape index (κ3) is 4.47. The molecule has 1 aliphatic rings. The number of nitrogens with zero attached hydrogens (tertiary/aromatic N) is 2. The molecule has 0 bridgehead atoms. The molecule has 1 aliphatic heterocycles. The van der Waals surface area contributed by atoms with E-state index in [0.717, 1.165) is 11.3 Å². The van der Waals surface area contributed by atoms with Crippen LogP contribution in [0.25, 0.3) is 0 Å². The Hall–Kier alpha value is -1.14. The number of aromatic nitrogens is 1. The van der Waals surface area contributed by atoms with Gasteiger partial charge in [-0.05, 0) is 27.2 Å². The van der Waals surface area contributed by atoms with Crippen LogP contribution in [0.5, 0.6) is 0 Å². The van der Waals surface area contributed by atoms with E-state index in [1.807, 2.05) is 27.0 Å². The number of hydrogen-bond donors (Lipinski definition) is 0. The molecule has 0 radical (unpaired) electrons. The van der Waals surface area contributed by atoms with Crippen molar-refractivity contribution < 1.29 is 14.3 Å². The molecule has 1 amide bonds. The van der Waals surface area contributed by atoms with Crippen LogP contribution in [0.2, 0.25) is 0 Å². The van der Waals surface area contributed by atoms with Crippen LogP contribution in [0.4, 0.5) is 4.79 Å². The van der Waals surface area contributed by atoms with Crippen LogP contribution in [0.3, 0.4) is 0 Å². The second kappa shape index (κ2) is 5.88. The second-order valence-electron chi connectivity index (χ2n) is 5.62. The fourth-order valence-corrected chi connectivity index (χ4v) is 2.38. The summed E-state index contributed by atoms with van der Waals surface area (Å²) in [6.45, 7) is 7.49. The largest absolute Gasteiger partial charge is 0.444 e. The third-order valence-corrected chi connectivity index (χ3v) is 3.49. The first-order valence-electron chi connectivity index (χ1n) is 6.41. The topological polar surface area (TPSA) is 51.7 Å². The minimum atomic E-state index is -0.446. The van der Waals surface area contributed by atoms with Gasteiger partial charge in [-0.3, -0.25) is 4.98 Å². The molecule has 1 aromatic rings. The summed E-state index contributed by atoms with van der Waals surface area (Å²) in [4.78, 5) is 18.7. The zero-order valence-corrected chi connectivity index (χ0v) is 12.4. The Morgan fingerprint density at radius 3 is 3.00 bits per heavy atom. The molecule has 19 heavy (non-hydrogen) atoms. The zero-order valence-electron chi connectivity index (χ0n) is 11.6. The van der Waals surface area contributed by atoms with Gasteiger partial charge in [0.2, 0.25) is 0 Å². The second-order valence-corrected chi connectivity index (χ2v) is 6.59. The Balaban J connectivity index is 1.75. The first kappa shape index (κ1) is 14.3. The maximum Gasteiger partial charge on any atom is 0.410 e. The molecule has 5 nitrogen and oxygen atoms in total. The third-order valence-electron chi connectivity index (χ3n) is 2.74. The highest BCUT2D eigenvalue weighted by Crippen LogP contribution is 2.18. The molecular weight excluding hydrogens is 264 g/mol. The van der Waals surface area contributed by atoms with Crippen LogP contribution in [0.15, 0.2) is 11.7 Å². The fourth-order valence-electron chi connectivity index (χ4n) is 1.87. The number of likely N-dealkylation sites (tertiary alicyclic amines) is 1. The molecule has 0 saturated carbocycles. The summed E-state index contributed by atoms with van der Waals surface area (Å²) >= 11 is 1.58. The Kier molecular flexibility index (Phi) is 4.42. The van der Waals surface area contributed by atoms with Gasteiger partial charge in [0.15, 0.2) is 0 Å². The van der Waals surface area contributed by atoms with Gasteiger partial charge in [0, 0.05) is 12.7 Å². The molecule has 2 heterocycles. The van der Waals surface area contributed by atoms with E-state index in [4.69, 9.17) is 9.47 Å². The van der Waals surface area contributed by atoms with Crippen LogP contribution in [-0.4, -0.2) is 40.8 Å². The number of thiazole rings is 1. The van der Waals surface area contributed by atoms with Gasteiger partial charge in [-0.15, -0.1) is 11.3 Å². The molecular formula is C13H20N2O3S.